The van der Waals surface area contributed by atoms with Gasteiger partial charge in [0.15, 0.2) is 0 Å². The van der Waals surface area contributed by atoms with E-state index in [1.807, 2.05) is 29.3 Å². The zero-order valence-corrected chi connectivity index (χ0v) is 20.0. The van der Waals surface area contributed by atoms with E-state index in [4.69, 9.17) is 0 Å². The van der Waals surface area contributed by atoms with Crippen LogP contribution in [0.2, 0.25) is 0 Å². The fourth-order valence-electron chi connectivity index (χ4n) is 6.03. The summed E-state index contributed by atoms with van der Waals surface area (Å²) in [6.45, 7) is 5.72. The molecule has 2 aliphatic heterocycles. The number of nitrogens with one attached hydrogen (secondary N) is 1. The van der Waals surface area contributed by atoms with Gasteiger partial charge in [-0.15, -0.1) is 0 Å². The molecule has 2 aromatic heterocycles. The maximum absolute atomic E-state index is 13.1. The summed E-state index contributed by atoms with van der Waals surface area (Å²) in [4.78, 5) is 28.1. The van der Waals surface area contributed by atoms with Crippen molar-refractivity contribution in [3.63, 3.8) is 0 Å². The van der Waals surface area contributed by atoms with Gasteiger partial charge in [0.2, 0.25) is 0 Å². The number of aromatic amines is 1. The molecule has 0 bridgehead atoms. The Morgan fingerprint density at radius 3 is 2.56 bits per heavy atom. The maximum atomic E-state index is 13.1. The van der Waals surface area contributed by atoms with Crippen molar-refractivity contribution in [1.29, 1.82) is 0 Å². The molecule has 0 radical (unpaired) electrons. The standard InChI is InChI=1S/C28H35N5O/c34-28(22-9-10-26-23(17-22)18-24(30-26)16-21-6-2-1-3-7-21)33-19-25(20-33)31-12-14-32(15-13-31)27-8-4-5-11-29-27/h4-5,8-11,17-18,21,25,30H,1-3,6-7,12-16,19-20H2. The highest BCUT2D eigenvalue weighted by Gasteiger charge is 2.36. The van der Waals surface area contributed by atoms with Crippen molar-refractivity contribution in [2.45, 2.75) is 44.6 Å². The first-order valence-corrected chi connectivity index (χ1v) is 13.0. The number of nitrogens with zero attached hydrogens (tertiary/aromatic N) is 4. The lowest BCUT2D eigenvalue weighted by atomic mass is 9.86. The maximum Gasteiger partial charge on any atom is 0.253 e. The Bertz CT molecular complexity index is 1120. The van der Waals surface area contributed by atoms with Crippen LogP contribution in [0.25, 0.3) is 10.9 Å². The number of likely N-dealkylation sites (tertiary alicyclic amines) is 1. The zero-order valence-electron chi connectivity index (χ0n) is 20.0. The number of piperazine rings is 1. The van der Waals surface area contributed by atoms with Gasteiger partial charge in [0.25, 0.3) is 5.91 Å². The average molecular weight is 458 g/mol. The number of amides is 1. The normalized spacial score (nSPS) is 20.6. The van der Waals surface area contributed by atoms with Gasteiger partial charge in [-0.3, -0.25) is 9.69 Å². The fraction of sp³-hybridized carbons (Fsp3) is 0.500. The van der Waals surface area contributed by atoms with E-state index in [1.54, 1.807) is 0 Å². The number of anilines is 1. The Kier molecular flexibility index (Phi) is 6.00. The lowest BCUT2D eigenvalue weighted by Gasteiger charge is -2.48. The SMILES string of the molecule is O=C(c1ccc2[nH]c(CC3CCCCC3)cc2c1)N1CC(N2CCN(c3ccccn3)CC2)C1. The third-order valence-electron chi connectivity index (χ3n) is 8.11. The first kappa shape index (κ1) is 21.7. The van der Waals surface area contributed by atoms with Gasteiger partial charge >= 0.3 is 0 Å². The molecule has 1 saturated carbocycles. The smallest absolute Gasteiger partial charge is 0.253 e. The van der Waals surface area contributed by atoms with Gasteiger partial charge in [0, 0.05) is 73.7 Å². The number of carbonyl (C=O) groups excluding carboxylic acids is 1. The average Bonchev–Trinajstić information content (AvgIpc) is 3.26. The summed E-state index contributed by atoms with van der Waals surface area (Å²) in [6.07, 6.45) is 9.85. The molecule has 0 spiro atoms. The van der Waals surface area contributed by atoms with Crippen LogP contribution in [0.5, 0.6) is 0 Å². The van der Waals surface area contributed by atoms with E-state index in [0.29, 0.717) is 6.04 Å². The van der Waals surface area contributed by atoms with Gasteiger partial charge in [0.05, 0.1) is 0 Å². The monoisotopic (exact) mass is 457 g/mol. The molecule has 3 aromatic rings. The van der Waals surface area contributed by atoms with Gasteiger partial charge in [-0.2, -0.15) is 0 Å². The molecule has 0 atom stereocenters. The van der Waals surface area contributed by atoms with Crippen molar-refractivity contribution in [3.8, 4) is 0 Å². The third-order valence-corrected chi connectivity index (χ3v) is 8.11. The predicted octanol–water partition coefficient (Wildman–Crippen LogP) is 4.33. The zero-order chi connectivity index (χ0) is 22.9. The van der Waals surface area contributed by atoms with E-state index in [1.165, 1.54) is 43.2 Å². The molecule has 1 N–H and O–H groups in total. The first-order valence-electron chi connectivity index (χ1n) is 13.0. The Balaban J connectivity index is 1.03. The molecular formula is C28H35N5O. The van der Waals surface area contributed by atoms with Crippen LogP contribution >= 0.6 is 0 Å². The molecule has 6 nitrogen and oxygen atoms in total. The largest absolute Gasteiger partial charge is 0.358 e. The number of pyridine rings is 1. The van der Waals surface area contributed by atoms with Crippen LogP contribution in [0.3, 0.4) is 0 Å². The van der Waals surface area contributed by atoms with E-state index < -0.39 is 0 Å². The molecule has 34 heavy (non-hydrogen) atoms. The van der Waals surface area contributed by atoms with E-state index >= 15 is 0 Å². The van der Waals surface area contributed by atoms with Crippen molar-refractivity contribution in [3.05, 3.63) is 59.9 Å². The Morgan fingerprint density at radius 2 is 1.79 bits per heavy atom. The number of H-pyrrole nitrogens is 1. The summed E-state index contributed by atoms with van der Waals surface area (Å²) in [6, 6.07) is 15.0. The van der Waals surface area contributed by atoms with Crippen LogP contribution in [-0.2, 0) is 6.42 Å². The predicted molar refractivity (Wildman–Crippen MR) is 136 cm³/mol. The van der Waals surface area contributed by atoms with Crippen molar-refractivity contribution in [2.75, 3.05) is 44.2 Å². The lowest BCUT2D eigenvalue weighted by Crippen LogP contribution is -2.64. The summed E-state index contributed by atoms with van der Waals surface area (Å²) in [5.74, 6) is 2.04. The van der Waals surface area contributed by atoms with Crippen molar-refractivity contribution in [1.82, 2.24) is 19.8 Å². The Labute approximate surface area is 201 Å². The van der Waals surface area contributed by atoms with Crippen molar-refractivity contribution < 1.29 is 4.79 Å². The summed E-state index contributed by atoms with van der Waals surface area (Å²) in [5, 5.41) is 1.17. The van der Waals surface area contributed by atoms with Crippen LogP contribution in [0.1, 0.15) is 48.2 Å². The number of aromatic nitrogens is 2. The van der Waals surface area contributed by atoms with Gasteiger partial charge in [-0.1, -0.05) is 38.2 Å². The molecule has 3 aliphatic rings. The number of benzene rings is 1. The van der Waals surface area contributed by atoms with E-state index in [0.717, 1.165) is 68.5 Å². The molecule has 6 rings (SSSR count). The van der Waals surface area contributed by atoms with Crippen LogP contribution in [0, 0.1) is 5.92 Å². The van der Waals surface area contributed by atoms with Gasteiger partial charge in [-0.05, 0) is 48.7 Å². The van der Waals surface area contributed by atoms with E-state index in [-0.39, 0.29) is 5.91 Å². The molecule has 0 unspecified atom stereocenters. The lowest BCUT2D eigenvalue weighted by molar-refractivity contribution is 0.0246. The Hall–Kier alpha value is -2.86. The molecule has 2 saturated heterocycles. The molecule has 1 aromatic carbocycles. The highest BCUT2D eigenvalue weighted by molar-refractivity contribution is 5.98. The molecule has 6 heteroatoms. The van der Waals surface area contributed by atoms with E-state index in [9.17, 15) is 4.79 Å². The minimum absolute atomic E-state index is 0.167. The van der Waals surface area contributed by atoms with Crippen LogP contribution in [0.4, 0.5) is 5.82 Å². The second kappa shape index (κ2) is 9.41. The number of rotatable bonds is 5. The summed E-state index contributed by atoms with van der Waals surface area (Å²) < 4.78 is 0. The third kappa shape index (κ3) is 4.43. The molecule has 1 amide bonds. The number of hydrogen-bond acceptors (Lipinski definition) is 4. The first-order chi connectivity index (χ1) is 16.7. The van der Waals surface area contributed by atoms with Crippen LogP contribution < -0.4 is 4.90 Å². The van der Waals surface area contributed by atoms with Gasteiger partial charge in [0.1, 0.15) is 5.82 Å². The van der Waals surface area contributed by atoms with E-state index in [2.05, 4.69) is 44.0 Å². The summed E-state index contributed by atoms with van der Waals surface area (Å²) in [5.41, 5.74) is 3.28. The second-order valence-corrected chi connectivity index (χ2v) is 10.4. The number of carbonyl (C=O) groups is 1. The molecular weight excluding hydrogens is 422 g/mol. The summed E-state index contributed by atoms with van der Waals surface area (Å²) >= 11 is 0. The highest BCUT2D eigenvalue weighted by atomic mass is 16.2. The van der Waals surface area contributed by atoms with Gasteiger partial charge < -0.3 is 14.8 Å². The van der Waals surface area contributed by atoms with Crippen LogP contribution in [-0.4, -0.2) is 71.0 Å². The molecule has 1 aliphatic carbocycles. The van der Waals surface area contributed by atoms with Crippen molar-refractivity contribution in [2.24, 2.45) is 5.92 Å². The molecule has 4 heterocycles. The van der Waals surface area contributed by atoms with Crippen molar-refractivity contribution >= 4 is 22.6 Å². The second-order valence-electron chi connectivity index (χ2n) is 10.4. The number of fused-ring (bicyclic) bond motifs is 1. The highest BCUT2D eigenvalue weighted by Crippen LogP contribution is 2.29. The fourth-order valence-corrected chi connectivity index (χ4v) is 6.03. The minimum atomic E-state index is 0.167. The topological polar surface area (TPSA) is 55.5 Å². The molecule has 3 fully saturated rings. The summed E-state index contributed by atoms with van der Waals surface area (Å²) in [7, 11) is 0. The van der Waals surface area contributed by atoms with Gasteiger partial charge in [-0.25, -0.2) is 4.98 Å². The number of hydrogen-bond donors (Lipinski definition) is 1. The quantitative estimate of drug-likeness (QED) is 0.620. The van der Waals surface area contributed by atoms with Crippen LogP contribution in [0.15, 0.2) is 48.7 Å². The minimum Gasteiger partial charge on any atom is -0.358 e. The Morgan fingerprint density at radius 1 is 0.971 bits per heavy atom. The molecule has 178 valence electrons.